The van der Waals surface area contributed by atoms with Crippen LogP contribution >= 0.6 is 0 Å². The molecule has 5 nitrogen and oxygen atoms in total. The largest absolute Gasteiger partial charge is 0.526 e. The number of amides is 2. The van der Waals surface area contributed by atoms with Crippen molar-refractivity contribution in [2.45, 2.75) is 44.2 Å². The first-order valence-electron chi connectivity index (χ1n) is 7.43. The smallest absolute Gasteiger partial charge is 0.234 e. The van der Waals surface area contributed by atoms with Crippen LogP contribution in [0.25, 0.3) is 0 Å². The van der Waals surface area contributed by atoms with Crippen molar-refractivity contribution < 1.29 is 9.59 Å². The molecule has 6 heteroatoms. The molecule has 2 atom stereocenters. The van der Waals surface area contributed by atoms with Crippen LogP contribution in [0, 0.1) is 0 Å². The molecule has 1 fully saturated rings. The fraction of sp³-hybridized carbons (Fsp3) is 0.500. The molecule has 3 rings (SSSR count). The molecule has 1 aliphatic carbocycles. The van der Waals surface area contributed by atoms with Crippen molar-refractivity contribution in [1.29, 1.82) is 0 Å². The van der Waals surface area contributed by atoms with E-state index in [1.807, 2.05) is 0 Å². The van der Waals surface area contributed by atoms with Crippen LogP contribution in [-0.2, 0) is 22.4 Å². The van der Waals surface area contributed by atoms with Gasteiger partial charge in [0.25, 0.3) is 0 Å². The maximum absolute atomic E-state index is 10.6. The number of nitrogens with two attached hydrogens (primary N) is 1. The van der Waals surface area contributed by atoms with Gasteiger partial charge in [-0.05, 0) is 43.2 Å². The molecule has 1 heterocycles. The van der Waals surface area contributed by atoms with Gasteiger partial charge in [-0.2, -0.15) is 6.41 Å². The van der Waals surface area contributed by atoms with Gasteiger partial charge in [0.2, 0.25) is 5.91 Å². The van der Waals surface area contributed by atoms with Crippen molar-refractivity contribution in [1.82, 2.24) is 10.6 Å². The number of aryl methyl sites for hydroxylation is 2. The van der Waals surface area contributed by atoms with E-state index in [2.05, 4.69) is 34.9 Å². The van der Waals surface area contributed by atoms with Crippen molar-refractivity contribution in [3.63, 3.8) is 0 Å². The third-order valence-corrected chi connectivity index (χ3v) is 4.00. The third kappa shape index (κ3) is 4.59. The summed E-state index contributed by atoms with van der Waals surface area (Å²) >= 11 is 0. The molecule has 0 radical (unpaired) electrons. The first kappa shape index (κ1) is 17.2. The molecule has 1 aliphatic heterocycles. The Morgan fingerprint density at radius 1 is 1.23 bits per heavy atom. The van der Waals surface area contributed by atoms with Gasteiger partial charge in [-0.3, -0.25) is 4.79 Å². The Bertz CT molecular complexity index is 471. The normalized spacial score (nSPS) is 22.4. The van der Waals surface area contributed by atoms with Gasteiger partial charge < -0.3 is 21.2 Å². The van der Waals surface area contributed by atoms with Crippen LogP contribution in [0.15, 0.2) is 24.3 Å². The van der Waals surface area contributed by atoms with Gasteiger partial charge in [-0.15, -0.1) is 0 Å². The topological polar surface area (TPSA) is 84.2 Å². The van der Waals surface area contributed by atoms with Gasteiger partial charge in [-0.25, -0.2) is 0 Å². The van der Waals surface area contributed by atoms with Crippen molar-refractivity contribution in [3.05, 3.63) is 35.4 Å². The van der Waals surface area contributed by atoms with Crippen LogP contribution in [0.3, 0.4) is 0 Å². The standard InChI is InChI=1S/C10H12.C6H10N3O2.Fm/c1-2-6-10-8-4-3-7-9(10)5-1;7-6(11)5-1-4(2-8-5)9-3-10;/h1-2,5-6H,3-4,7-8H2;4-5,8H,1-2H2,(H2,7,11)(H,9,10);/q;-1;. The summed E-state index contributed by atoms with van der Waals surface area (Å²) in [4.78, 5) is 20.4. The summed E-state index contributed by atoms with van der Waals surface area (Å²) in [5, 5.41) is 5.33. The number of nitrogens with one attached hydrogen (secondary N) is 2. The van der Waals surface area contributed by atoms with E-state index in [0.717, 1.165) is 0 Å². The van der Waals surface area contributed by atoms with Gasteiger partial charge in [0.1, 0.15) is 0 Å². The zero-order chi connectivity index (χ0) is 15.1. The summed E-state index contributed by atoms with van der Waals surface area (Å²) in [7, 11) is 0. The van der Waals surface area contributed by atoms with Gasteiger partial charge in [-0.1, -0.05) is 24.3 Å². The fourth-order valence-electron chi connectivity index (χ4n) is 2.82. The van der Waals surface area contributed by atoms with E-state index in [1.165, 1.54) is 25.7 Å². The summed E-state index contributed by atoms with van der Waals surface area (Å²) < 4.78 is 0. The van der Waals surface area contributed by atoms with E-state index in [-0.39, 0.29) is 18.0 Å². The molecule has 2 aliphatic rings. The Kier molecular flexibility index (Phi) is 6.57. The zero-order valence-corrected chi connectivity index (χ0v) is 14.8. The number of primary amides is 1. The van der Waals surface area contributed by atoms with Gasteiger partial charge >= 0.3 is 0 Å². The first-order chi connectivity index (χ1) is 10.2. The average molecular weight is 545 g/mol. The number of hydrogen-bond acceptors (Lipinski definition) is 3. The first-order valence-corrected chi connectivity index (χ1v) is 7.43. The van der Waals surface area contributed by atoms with E-state index in [4.69, 9.17) is 5.73 Å². The molecule has 0 bridgehead atoms. The monoisotopic (exact) mass is 545 g/mol. The second-order valence-corrected chi connectivity index (χ2v) is 5.52. The molecule has 1 aromatic carbocycles. The Morgan fingerprint density at radius 2 is 1.82 bits per heavy atom. The number of hydrogen-bond donors (Lipinski definition) is 3. The molecular formula is C16H22FmN3O2-. The van der Waals surface area contributed by atoms with Crippen molar-refractivity contribution in [2.24, 2.45) is 5.73 Å². The van der Waals surface area contributed by atoms with E-state index >= 15 is 0 Å². The van der Waals surface area contributed by atoms with Crippen LogP contribution in [0.2, 0.25) is 0 Å². The molecule has 1 aromatic rings. The van der Waals surface area contributed by atoms with E-state index in [0.29, 0.717) is 13.0 Å². The predicted molar refractivity (Wildman–Crippen MR) is 81.3 cm³/mol. The van der Waals surface area contributed by atoms with Crippen LogP contribution in [0.5, 0.6) is 0 Å². The Balaban J connectivity index is 0.000000211. The fourth-order valence-corrected chi connectivity index (χ4v) is 2.82. The molecule has 1 saturated heterocycles. The van der Waals surface area contributed by atoms with Crippen LogP contribution in [0.1, 0.15) is 30.4 Å². The van der Waals surface area contributed by atoms with E-state index < -0.39 is 0 Å². The molecule has 4 N–H and O–H groups in total. The number of benzene rings is 1. The molecular weight excluding hydrogens is 523 g/mol. The molecule has 0 saturated carbocycles. The van der Waals surface area contributed by atoms with Crippen molar-refractivity contribution in [3.8, 4) is 0 Å². The van der Waals surface area contributed by atoms with Crippen LogP contribution in [-0.4, -0.2) is 30.9 Å². The predicted octanol–water partition coefficient (Wildman–Crippen LogP) is 0.424. The minimum Gasteiger partial charge on any atom is -0.526 e. The molecule has 0 spiro atoms. The van der Waals surface area contributed by atoms with Gasteiger partial charge in [0.05, 0.1) is 6.04 Å². The Hall–Kier alpha value is -2.88. The maximum Gasteiger partial charge on any atom is 0.234 e. The summed E-state index contributed by atoms with van der Waals surface area (Å²) in [6.45, 7) is 0.586. The SMILES string of the molecule is NC(=O)C1CC(N[C-]=O)CN1.[Fm].c1ccc2c(c1)CCCC2. The molecule has 126 valence electrons. The van der Waals surface area contributed by atoms with Crippen molar-refractivity contribution >= 4 is 12.3 Å². The third-order valence-electron chi connectivity index (χ3n) is 4.00. The second kappa shape index (κ2) is 8.42. The Labute approximate surface area is 125 Å². The minimum atomic E-state index is -0.375. The minimum absolute atomic E-state index is 0. The average Bonchev–Trinajstić information content (AvgIpc) is 2.97. The maximum atomic E-state index is 10.6. The Morgan fingerprint density at radius 3 is 2.27 bits per heavy atom. The number of carbonyl (C=O) groups is 1. The molecule has 2 amide bonds. The van der Waals surface area contributed by atoms with Crippen molar-refractivity contribution in [2.75, 3.05) is 6.54 Å². The second-order valence-electron chi connectivity index (χ2n) is 5.52. The summed E-state index contributed by atoms with van der Waals surface area (Å²) in [6.07, 6.45) is 7.51. The van der Waals surface area contributed by atoms with Gasteiger partial charge in [0, 0.05) is 12.6 Å². The van der Waals surface area contributed by atoms with E-state index in [9.17, 15) is 9.59 Å². The van der Waals surface area contributed by atoms with Crippen LogP contribution < -0.4 is 16.4 Å². The van der Waals surface area contributed by atoms with Crippen LogP contribution in [0.4, 0.5) is 0 Å². The number of carbonyl (C=O) groups excluding carboxylic acids is 2. The molecule has 22 heavy (non-hydrogen) atoms. The van der Waals surface area contributed by atoms with Gasteiger partial charge in [0.15, 0.2) is 0 Å². The molecule has 0 aromatic heterocycles. The number of fused-ring (bicyclic) bond motifs is 1. The summed E-state index contributed by atoms with van der Waals surface area (Å²) in [5.74, 6) is -0.375. The van der Waals surface area contributed by atoms with E-state index in [1.54, 1.807) is 17.5 Å². The zero-order valence-electron chi connectivity index (χ0n) is 12.4. The number of rotatable bonds is 3. The molecule has 2 unspecified atom stereocenters. The summed E-state index contributed by atoms with van der Waals surface area (Å²) in [5.41, 5.74) is 8.18. The quantitative estimate of drug-likeness (QED) is 0.381. The summed E-state index contributed by atoms with van der Waals surface area (Å²) in [6, 6.07) is 8.49.